The van der Waals surface area contributed by atoms with E-state index in [9.17, 15) is 0 Å². The van der Waals surface area contributed by atoms with Crippen molar-refractivity contribution in [2.75, 3.05) is 0 Å². The Hall–Kier alpha value is -4.28. The van der Waals surface area contributed by atoms with Crippen LogP contribution in [0.5, 0.6) is 0 Å². The molecule has 0 spiro atoms. The van der Waals surface area contributed by atoms with E-state index in [1.165, 1.54) is 22.0 Å². The minimum Gasteiger partial charge on any atom is -0.456 e. The molecule has 1 aliphatic rings. The number of allylic oxidation sites excluding steroid dienone is 1. The number of fused-ring (bicyclic) bond motifs is 4. The molecule has 1 aliphatic heterocycles. The highest BCUT2D eigenvalue weighted by atomic mass is 16.5. The van der Waals surface area contributed by atoms with E-state index in [4.69, 9.17) is 9.07 Å². The SMILES string of the molecule is C=Cc1c(/C=C\C)n(-c2ccc3c(c2)oc2ccccc23)c2ccc(-c3cccc(B4CC(C)(C)C(C)(C)O4)c3)cc12. The Morgan fingerprint density at radius 2 is 1.60 bits per heavy atom. The topological polar surface area (TPSA) is 27.3 Å². The zero-order valence-corrected chi connectivity index (χ0v) is 25.1. The predicted molar refractivity (Wildman–Crippen MR) is 180 cm³/mol. The van der Waals surface area contributed by atoms with Crippen LogP contribution in [-0.2, 0) is 4.65 Å². The molecule has 4 aromatic carbocycles. The third-order valence-corrected chi connectivity index (χ3v) is 9.55. The van der Waals surface area contributed by atoms with Crippen LogP contribution < -0.4 is 5.46 Å². The van der Waals surface area contributed by atoms with Crippen LogP contribution in [0.2, 0.25) is 6.32 Å². The van der Waals surface area contributed by atoms with Crippen molar-refractivity contribution in [1.82, 2.24) is 4.57 Å². The van der Waals surface area contributed by atoms with Crippen LogP contribution in [-0.4, -0.2) is 17.1 Å². The van der Waals surface area contributed by atoms with Crippen LogP contribution in [0, 0.1) is 5.41 Å². The second kappa shape index (κ2) is 9.64. The lowest BCUT2D eigenvalue weighted by Gasteiger charge is -2.34. The first-order valence-electron chi connectivity index (χ1n) is 14.8. The summed E-state index contributed by atoms with van der Waals surface area (Å²) in [7, 11) is 0. The van der Waals surface area contributed by atoms with Crippen molar-refractivity contribution in [1.29, 1.82) is 0 Å². The number of para-hydroxylation sites is 1. The maximum absolute atomic E-state index is 6.56. The molecule has 0 radical (unpaired) electrons. The molecule has 42 heavy (non-hydrogen) atoms. The Morgan fingerprint density at radius 1 is 0.810 bits per heavy atom. The van der Waals surface area contributed by atoms with Gasteiger partial charge in [-0.15, -0.1) is 0 Å². The Morgan fingerprint density at radius 3 is 2.36 bits per heavy atom. The van der Waals surface area contributed by atoms with Gasteiger partial charge in [-0.2, -0.15) is 0 Å². The van der Waals surface area contributed by atoms with E-state index in [0.717, 1.165) is 50.7 Å². The molecule has 0 unspecified atom stereocenters. The van der Waals surface area contributed by atoms with Crippen LogP contribution in [0.25, 0.3) is 61.8 Å². The van der Waals surface area contributed by atoms with Crippen molar-refractivity contribution >= 4 is 57.4 Å². The fourth-order valence-electron chi connectivity index (χ4n) is 6.55. The minimum absolute atomic E-state index is 0.0953. The van der Waals surface area contributed by atoms with Gasteiger partial charge in [0.05, 0.1) is 16.8 Å². The molecule has 3 heterocycles. The number of furan rings is 1. The van der Waals surface area contributed by atoms with Gasteiger partial charge in [-0.05, 0) is 85.5 Å². The van der Waals surface area contributed by atoms with E-state index in [1.807, 2.05) is 18.2 Å². The summed E-state index contributed by atoms with van der Waals surface area (Å²) in [4.78, 5) is 0. The van der Waals surface area contributed by atoms with E-state index in [-0.39, 0.29) is 17.9 Å². The number of hydrogen-bond donors (Lipinski definition) is 0. The highest BCUT2D eigenvalue weighted by molar-refractivity contribution is 6.68. The van der Waals surface area contributed by atoms with Gasteiger partial charge in [-0.3, -0.25) is 0 Å². The van der Waals surface area contributed by atoms with Crippen molar-refractivity contribution in [2.45, 2.75) is 46.5 Å². The highest BCUT2D eigenvalue weighted by Gasteiger charge is 2.49. The van der Waals surface area contributed by atoms with Gasteiger partial charge in [0, 0.05) is 33.5 Å². The standard InChI is InChI=1S/C38H36BNO2/c1-7-12-33-29(8-2)32-22-26(25-13-11-14-27(21-25)39-24-37(3,4)38(5,6)42-39)17-20-34(32)40(33)28-18-19-31-30-15-9-10-16-35(30)41-36(31)23-28/h7-23H,2,24H2,1,3-6H3/b12-7-. The average molecular weight is 550 g/mol. The molecule has 1 fully saturated rings. The Bertz CT molecular complexity index is 2020. The van der Waals surface area contributed by atoms with Gasteiger partial charge < -0.3 is 13.6 Å². The largest absolute Gasteiger partial charge is 0.456 e. The first kappa shape index (κ1) is 26.6. The number of nitrogens with zero attached hydrogens (tertiary/aromatic N) is 1. The highest BCUT2D eigenvalue weighted by Crippen LogP contribution is 2.45. The molecule has 208 valence electrons. The number of aromatic nitrogens is 1. The molecule has 1 saturated heterocycles. The zero-order valence-electron chi connectivity index (χ0n) is 25.1. The summed E-state index contributed by atoms with van der Waals surface area (Å²) in [6.45, 7) is 15.4. The van der Waals surface area contributed by atoms with Gasteiger partial charge in [0.2, 0.25) is 0 Å². The van der Waals surface area contributed by atoms with Gasteiger partial charge >= 0.3 is 6.92 Å². The first-order chi connectivity index (χ1) is 20.2. The Labute approximate surface area is 248 Å². The van der Waals surface area contributed by atoms with Crippen LogP contribution in [0.4, 0.5) is 0 Å². The maximum atomic E-state index is 6.56. The first-order valence-corrected chi connectivity index (χ1v) is 14.8. The van der Waals surface area contributed by atoms with Crippen molar-refractivity contribution < 1.29 is 9.07 Å². The summed E-state index contributed by atoms with van der Waals surface area (Å²) in [5.41, 5.74) is 9.77. The molecule has 6 aromatic rings. The van der Waals surface area contributed by atoms with Gasteiger partial charge in [0.1, 0.15) is 11.2 Å². The number of benzene rings is 4. The maximum Gasteiger partial charge on any atom is 0.327 e. The summed E-state index contributed by atoms with van der Waals surface area (Å²) in [6.07, 6.45) is 7.24. The summed E-state index contributed by atoms with van der Waals surface area (Å²) in [6, 6.07) is 30.3. The Kier molecular flexibility index (Phi) is 6.11. The van der Waals surface area contributed by atoms with Crippen molar-refractivity contribution in [3.05, 3.63) is 109 Å². The smallest absolute Gasteiger partial charge is 0.327 e. The summed E-state index contributed by atoms with van der Waals surface area (Å²) in [5.74, 6) is 0. The van der Waals surface area contributed by atoms with Gasteiger partial charge in [-0.1, -0.05) is 81.1 Å². The third kappa shape index (κ3) is 4.08. The van der Waals surface area contributed by atoms with E-state index in [2.05, 4.69) is 131 Å². The van der Waals surface area contributed by atoms with Crippen molar-refractivity contribution in [3.63, 3.8) is 0 Å². The minimum atomic E-state index is -0.164. The molecule has 0 saturated carbocycles. The molecule has 0 aliphatic carbocycles. The van der Waals surface area contributed by atoms with Gasteiger partial charge in [-0.25, -0.2) is 0 Å². The number of rotatable bonds is 5. The van der Waals surface area contributed by atoms with Gasteiger partial charge in [0.25, 0.3) is 0 Å². The van der Waals surface area contributed by atoms with Crippen LogP contribution in [0.15, 0.2) is 102 Å². The second-order valence-corrected chi connectivity index (χ2v) is 12.7. The number of hydrogen-bond acceptors (Lipinski definition) is 2. The monoisotopic (exact) mass is 549 g/mol. The Balaban J connectivity index is 1.36. The second-order valence-electron chi connectivity index (χ2n) is 12.7. The lowest BCUT2D eigenvalue weighted by Crippen LogP contribution is -2.36. The molecule has 7 rings (SSSR count). The van der Waals surface area contributed by atoms with Gasteiger partial charge in [0.15, 0.2) is 0 Å². The van der Waals surface area contributed by atoms with E-state index < -0.39 is 0 Å². The quantitative estimate of drug-likeness (QED) is 0.200. The molecule has 3 nitrogen and oxygen atoms in total. The summed E-state index contributed by atoms with van der Waals surface area (Å²) < 4.78 is 15.1. The van der Waals surface area contributed by atoms with E-state index in [0.29, 0.717) is 0 Å². The summed E-state index contributed by atoms with van der Waals surface area (Å²) >= 11 is 0. The third-order valence-electron chi connectivity index (χ3n) is 9.55. The van der Waals surface area contributed by atoms with Crippen LogP contribution >= 0.6 is 0 Å². The average Bonchev–Trinajstić information content (AvgIpc) is 3.58. The molecule has 0 atom stereocenters. The molecule has 2 aromatic heterocycles. The molecule has 0 bridgehead atoms. The van der Waals surface area contributed by atoms with Crippen LogP contribution in [0.1, 0.15) is 45.9 Å². The van der Waals surface area contributed by atoms with Crippen LogP contribution in [0.3, 0.4) is 0 Å². The molecule has 0 amide bonds. The summed E-state index contributed by atoms with van der Waals surface area (Å²) in [5, 5.41) is 3.44. The molecular weight excluding hydrogens is 513 g/mol. The molecule has 0 N–H and O–H groups in total. The van der Waals surface area contributed by atoms with E-state index in [1.54, 1.807) is 0 Å². The normalized spacial score (nSPS) is 16.4. The lowest BCUT2D eigenvalue weighted by molar-refractivity contribution is 0.0375. The van der Waals surface area contributed by atoms with E-state index >= 15 is 0 Å². The fourth-order valence-corrected chi connectivity index (χ4v) is 6.55. The zero-order chi connectivity index (χ0) is 29.2. The molecule has 4 heteroatoms. The van der Waals surface area contributed by atoms with Crippen molar-refractivity contribution in [3.8, 4) is 16.8 Å². The lowest BCUT2D eigenvalue weighted by atomic mass is 9.54. The fraction of sp³-hybridized carbons (Fsp3) is 0.211. The van der Waals surface area contributed by atoms with Crippen molar-refractivity contribution in [2.24, 2.45) is 5.41 Å². The predicted octanol–water partition coefficient (Wildman–Crippen LogP) is 9.91. The molecular formula is C38H36BNO2.